The highest BCUT2D eigenvalue weighted by molar-refractivity contribution is 9.10. The number of benzene rings is 1. The van der Waals surface area contributed by atoms with E-state index in [-0.39, 0.29) is 5.91 Å². The minimum atomic E-state index is -5.08. The fourth-order valence-corrected chi connectivity index (χ4v) is 4.57. The molecule has 2 aliphatic rings. The number of ether oxygens (including phenoxy) is 1. The Bertz CT molecular complexity index is 1310. The molecule has 1 amide bonds. The van der Waals surface area contributed by atoms with E-state index in [1.165, 1.54) is 0 Å². The summed E-state index contributed by atoms with van der Waals surface area (Å²) in [5, 5.41) is 21.2. The van der Waals surface area contributed by atoms with E-state index in [9.17, 15) is 18.0 Å². The number of piperidine rings is 1. The third-order valence-electron chi connectivity index (χ3n) is 6.08. The van der Waals surface area contributed by atoms with Crippen molar-refractivity contribution >= 4 is 50.6 Å². The van der Waals surface area contributed by atoms with Crippen molar-refractivity contribution in [2.45, 2.75) is 25.1 Å². The first-order valence-electron chi connectivity index (χ1n) is 12.2. The van der Waals surface area contributed by atoms with E-state index >= 15 is 0 Å². The van der Waals surface area contributed by atoms with Gasteiger partial charge >= 0.3 is 12.1 Å². The molecule has 210 valence electrons. The number of hydrogen-bond donors (Lipinski definition) is 4. The van der Waals surface area contributed by atoms with E-state index in [4.69, 9.17) is 14.6 Å². The van der Waals surface area contributed by atoms with E-state index in [1.807, 2.05) is 30.5 Å². The molecule has 1 atom stereocenters. The second-order valence-electron chi connectivity index (χ2n) is 8.85. The van der Waals surface area contributed by atoms with Gasteiger partial charge in [0.05, 0.1) is 25.1 Å². The Balaban J connectivity index is 0.000000448. The number of carboxylic acids is 1. The van der Waals surface area contributed by atoms with Gasteiger partial charge in [0.15, 0.2) is 5.65 Å². The number of nitrogens with one attached hydrogen (secondary N) is 3. The third kappa shape index (κ3) is 7.58. The number of anilines is 3. The number of hydrogen-bond acceptors (Lipinski definition) is 8. The van der Waals surface area contributed by atoms with Crippen LogP contribution in [0.1, 0.15) is 23.2 Å². The number of carbonyl (C=O) groups excluding carboxylic acids is 1. The summed E-state index contributed by atoms with van der Waals surface area (Å²) >= 11 is 3.60. The van der Waals surface area contributed by atoms with Gasteiger partial charge in [-0.15, -0.1) is 0 Å². The van der Waals surface area contributed by atoms with E-state index in [2.05, 4.69) is 46.9 Å². The summed E-state index contributed by atoms with van der Waals surface area (Å²) in [6, 6.07) is 8.17. The van der Waals surface area contributed by atoms with Gasteiger partial charge in [0.25, 0.3) is 5.91 Å². The molecule has 39 heavy (non-hydrogen) atoms. The lowest BCUT2D eigenvalue weighted by molar-refractivity contribution is -0.192. The Morgan fingerprint density at radius 2 is 1.95 bits per heavy atom. The predicted molar refractivity (Wildman–Crippen MR) is 141 cm³/mol. The lowest BCUT2D eigenvalue weighted by Gasteiger charge is -2.29. The molecule has 2 fully saturated rings. The number of carboxylic acid groups (broad SMARTS) is 1. The van der Waals surface area contributed by atoms with Crippen molar-refractivity contribution in [1.82, 2.24) is 19.9 Å². The van der Waals surface area contributed by atoms with Crippen LogP contribution >= 0.6 is 15.9 Å². The van der Waals surface area contributed by atoms with Gasteiger partial charge in [-0.05, 0) is 59.6 Å². The number of alkyl halides is 3. The van der Waals surface area contributed by atoms with Gasteiger partial charge in [0.2, 0.25) is 0 Å². The van der Waals surface area contributed by atoms with E-state index in [1.54, 1.807) is 10.7 Å². The summed E-state index contributed by atoms with van der Waals surface area (Å²) in [7, 11) is 0. The van der Waals surface area contributed by atoms with Crippen LogP contribution < -0.4 is 20.9 Å². The maximum absolute atomic E-state index is 13.0. The van der Waals surface area contributed by atoms with Crippen LogP contribution in [-0.4, -0.2) is 83.2 Å². The molecule has 11 nitrogen and oxygen atoms in total. The summed E-state index contributed by atoms with van der Waals surface area (Å²) in [6.45, 7) is 5.14. The molecule has 2 saturated heterocycles. The van der Waals surface area contributed by atoms with Crippen LogP contribution in [0.3, 0.4) is 0 Å². The van der Waals surface area contributed by atoms with Crippen molar-refractivity contribution < 1.29 is 32.6 Å². The van der Waals surface area contributed by atoms with Crippen molar-refractivity contribution in [2.75, 3.05) is 54.9 Å². The Hall–Kier alpha value is -3.43. The number of carbonyl (C=O) groups is 2. The summed E-state index contributed by atoms with van der Waals surface area (Å²) in [5.74, 6) is -2.26. The smallest absolute Gasteiger partial charge is 0.475 e. The third-order valence-corrected chi connectivity index (χ3v) is 6.74. The van der Waals surface area contributed by atoms with Crippen LogP contribution in [0, 0.1) is 0 Å². The fourth-order valence-electron chi connectivity index (χ4n) is 4.11. The number of fused-ring (bicyclic) bond motifs is 1. The number of halogens is 4. The van der Waals surface area contributed by atoms with Gasteiger partial charge in [0.1, 0.15) is 11.4 Å². The van der Waals surface area contributed by atoms with Crippen molar-refractivity contribution in [3.05, 3.63) is 46.7 Å². The first-order chi connectivity index (χ1) is 18.6. The van der Waals surface area contributed by atoms with Crippen LogP contribution in [0.5, 0.6) is 0 Å². The largest absolute Gasteiger partial charge is 0.490 e. The summed E-state index contributed by atoms with van der Waals surface area (Å²) in [5.41, 5.74) is 2.76. The SMILES string of the molecule is O=C(Nc1ccc(N2CCOCC2)cc1Br)c1cnn2ccc(N[C@@H]3CCCNC3)nc12.O=C(O)C(F)(F)F. The molecule has 0 unspecified atom stereocenters. The van der Waals surface area contributed by atoms with Crippen LogP contribution in [0.15, 0.2) is 41.1 Å². The number of morpholine rings is 1. The maximum Gasteiger partial charge on any atom is 0.490 e. The Labute approximate surface area is 229 Å². The summed E-state index contributed by atoms with van der Waals surface area (Å²) in [4.78, 5) is 28.9. The lowest BCUT2D eigenvalue weighted by atomic mass is 10.1. The lowest BCUT2D eigenvalue weighted by Crippen LogP contribution is -2.38. The molecule has 2 aromatic heterocycles. The molecular weight excluding hydrogens is 587 g/mol. The highest BCUT2D eigenvalue weighted by Gasteiger charge is 2.38. The van der Waals surface area contributed by atoms with Gasteiger partial charge in [-0.2, -0.15) is 18.3 Å². The zero-order valence-corrected chi connectivity index (χ0v) is 22.3. The second-order valence-corrected chi connectivity index (χ2v) is 9.70. The standard InChI is InChI=1S/C22H26BrN7O2.C2HF3O2/c23-18-12-16(29-8-10-32-11-9-29)3-4-19(18)27-22(31)17-14-25-30-7-5-20(28-21(17)30)26-15-2-1-6-24-13-15;3-2(4,5)1(6)7/h3-5,7,12,14-15,24H,1-2,6,8-11,13H2,(H,26,28)(H,27,31);(H,6,7)/t15-;/m1./s1. The molecule has 4 N–H and O–H groups in total. The monoisotopic (exact) mass is 613 g/mol. The average Bonchev–Trinajstić information content (AvgIpc) is 3.34. The minimum Gasteiger partial charge on any atom is -0.475 e. The van der Waals surface area contributed by atoms with Gasteiger partial charge in [0, 0.05) is 42.0 Å². The molecule has 0 bridgehead atoms. The predicted octanol–water partition coefficient (Wildman–Crippen LogP) is 3.38. The summed E-state index contributed by atoms with van der Waals surface area (Å²) < 4.78 is 39.6. The highest BCUT2D eigenvalue weighted by Crippen LogP contribution is 2.29. The number of rotatable bonds is 5. The Kier molecular flexibility index (Phi) is 9.24. The molecule has 0 radical (unpaired) electrons. The van der Waals surface area contributed by atoms with Crippen molar-refractivity contribution in [2.24, 2.45) is 0 Å². The molecule has 3 aromatic rings. The molecule has 0 spiro atoms. The van der Waals surface area contributed by atoms with Gasteiger partial charge in [-0.25, -0.2) is 14.3 Å². The average molecular weight is 614 g/mol. The van der Waals surface area contributed by atoms with Crippen molar-refractivity contribution in [3.63, 3.8) is 0 Å². The maximum atomic E-state index is 13.0. The topological polar surface area (TPSA) is 133 Å². The van der Waals surface area contributed by atoms with Crippen LogP contribution in [0.4, 0.5) is 30.4 Å². The summed E-state index contributed by atoms with van der Waals surface area (Å²) in [6.07, 6.45) is 0.532. The van der Waals surface area contributed by atoms with E-state index in [0.717, 1.165) is 68.2 Å². The van der Waals surface area contributed by atoms with Crippen LogP contribution in [0.2, 0.25) is 0 Å². The molecule has 15 heteroatoms. The second kappa shape index (κ2) is 12.6. The fraction of sp³-hybridized carbons (Fsp3) is 0.417. The van der Waals surface area contributed by atoms with Crippen molar-refractivity contribution in [3.8, 4) is 0 Å². The van der Waals surface area contributed by atoms with E-state index in [0.29, 0.717) is 22.9 Å². The molecule has 0 saturated carbocycles. The van der Waals surface area contributed by atoms with Crippen LogP contribution in [-0.2, 0) is 9.53 Å². The molecule has 4 heterocycles. The molecule has 2 aliphatic heterocycles. The van der Waals surface area contributed by atoms with Crippen molar-refractivity contribution in [1.29, 1.82) is 0 Å². The first-order valence-corrected chi connectivity index (χ1v) is 13.0. The number of aliphatic carboxylic acids is 1. The van der Waals surface area contributed by atoms with E-state index < -0.39 is 12.1 Å². The minimum absolute atomic E-state index is 0.246. The van der Waals surface area contributed by atoms with Gasteiger partial charge in [-0.1, -0.05) is 0 Å². The van der Waals surface area contributed by atoms with Gasteiger partial charge in [-0.3, -0.25) is 4.79 Å². The Morgan fingerprint density at radius 1 is 1.21 bits per heavy atom. The zero-order chi connectivity index (χ0) is 28.0. The normalized spacial score (nSPS) is 17.7. The Morgan fingerprint density at radius 3 is 2.59 bits per heavy atom. The first kappa shape index (κ1) is 28.6. The number of aromatic nitrogens is 3. The number of amides is 1. The van der Waals surface area contributed by atoms with Crippen LogP contribution in [0.25, 0.3) is 5.65 Å². The quantitative estimate of drug-likeness (QED) is 0.342. The molecular formula is C24H27BrF3N7O4. The number of nitrogens with zero attached hydrogens (tertiary/aromatic N) is 4. The molecule has 1 aromatic carbocycles. The molecule has 0 aliphatic carbocycles. The zero-order valence-electron chi connectivity index (χ0n) is 20.7. The van der Waals surface area contributed by atoms with Gasteiger partial charge < -0.3 is 30.7 Å². The highest BCUT2D eigenvalue weighted by atomic mass is 79.9. The molecule has 5 rings (SSSR count).